The van der Waals surface area contributed by atoms with Crippen LogP contribution in [0.4, 0.5) is 0 Å². The van der Waals surface area contributed by atoms with Gasteiger partial charge in [-0.3, -0.25) is 9.59 Å². The maximum atomic E-state index is 12.9. The lowest BCUT2D eigenvalue weighted by Gasteiger charge is -2.25. The average molecular weight is 391 g/mol. The van der Waals surface area contributed by atoms with Crippen molar-refractivity contribution in [3.63, 3.8) is 0 Å². The van der Waals surface area contributed by atoms with E-state index in [4.69, 9.17) is 4.74 Å². The zero-order valence-corrected chi connectivity index (χ0v) is 16.7. The van der Waals surface area contributed by atoms with Gasteiger partial charge in [-0.25, -0.2) is 0 Å². The molecule has 1 N–H and O–H groups in total. The number of ketones is 1. The standard InChI is InChI=1S/C24H25NO4/c1-3-4-12-25-21(16-8-6-5-7-9-16)20(23(27)24(25)28)22(26)17-10-11-19-18(14-17)13-15(2)29-19/h5-11,14-15,21,26H,3-4,12-13H2,1-2H3/b22-20-. The van der Waals surface area contributed by atoms with Crippen LogP contribution in [0, 0.1) is 0 Å². The summed E-state index contributed by atoms with van der Waals surface area (Å²) in [6, 6.07) is 14.3. The molecule has 2 aliphatic heterocycles. The van der Waals surface area contributed by atoms with Gasteiger partial charge in [-0.15, -0.1) is 0 Å². The molecule has 2 heterocycles. The SMILES string of the molecule is CCCCN1C(=O)C(=O)/C(=C(\O)c2ccc3c(c2)CC(C)O3)C1c1ccccc1. The summed E-state index contributed by atoms with van der Waals surface area (Å²) >= 11 is 0. The Bertz CT molecular complexity index is 980. The van der Waals surface area contributed by atoms with Crippen molar-refractivity contribution in [3.05, 3.63) is 70.8 Å². The third-order valence-corrected chi connectivity index (χ3v) is 5.58. The molecule has 5 nitrogen and oxygen atoms in total. The Hall–Kier alpha value is -3.08. The molecule has 0 radical (unpaired) electrons. The molecule has 2 unspecified atom stereocenters. The van der Waals surface area contributed by atoms with Crippen molar-refractivity contribution in [2.24, 2.45) is 0 Å². The Morgan fingerprint density at radius 1 is 1.17 bits per heavy atom. The third-order valence-electron chi connectivity index (χ3n) is 5.58. The summed E-state index contributed by atoms with van der Waals surface area (Å²) in [5.74, 6) is -0.500. The van der Waals surface area contributed by atoms with Gasteiger partial charge in [0.25, 0.3) is 11.7 Å². The van der Waals surface area contributed by atoms with Crippen LogP contribution in [-0.4, -0.2) is 34.3 Å². The lowest BCUT2D eigenvalue weighted by molar-refractivity contribution is -0.139. The van der Waals surface area contributed by atoms with Crippen molar-refractivity contribution >= 4 is 17.4 Å². The van der Waals surface area contributed by atoms with Gasteiger partial charge >= 0.3 is 0 Å². The Labute approximate surface area is 170 Å². The first-order valence-electron chi connectivity index (χ1n) is 10.1. The quantitative estimate of drug-likeness (QED) is 0.470. The van der Waals surface area contributed by atoms with E-state index in [0.29, 0.717) is 12.1 Å². The molecule has 2 aromatic rings. The van der Waals surface area contributed by atoms with Gasteiger partial charge in [0, 0.05) is 18.5 Å². The normalized spacial score (nSPS) is 22.6. The molecule has 5 heteroatoms. The largest absolute Gasteiger partial charge is 0.507 e. The summed E-state index contributed by atoms with van der Waals surface area (Å²) in [5.41, 5.74) is 2.51. The molecular formula is C24H25NO4. The highest BCUT2D eigenvalue weighted by molar-refractivity contribution is 6.46. The predicted molar refractivity (Wildman–Crippen MR) is 111 cm³/mol. The van der Waals surface area contributed by atoms with Crippen LogP contribution in [-0.2, 0) is 16.0 Å². The number of nitrogens with zero attached hydrogens (tertiary/aromatic N) is 1. The summed E-state index contributed by atoms with van der Waals surface area (Å²) in [5, 5.41) is 11.1. The maximum absolute atomic E-state index is 12.9. The molecule has 0 bridgehead atoms. The van der Waals surface area contributed by atoms with E-state index in [-0.39, 0.29) is 17.4 Å². The third kappa shape index (κ3) is 3.41. The van der Waals surface area contributed by atoms with Gasteiger partial charge in [0.1, 0.15) is 17.6 Å². The molecule has 0 saturated carbocycles. The molecule has 2 aliphatic rings. The number of hydrogen-bond donors (Lipinski definition) is 1. The minimum absolute atomic E-state index is 0.0892. The lowest BCUT2D eigenvalue weighted by Crippen LogP contribution is -2.30. The summed E-state index contributed by atoms with van der Waals surface area (Å²) in [6.07, 6.45) is 2.55. The van der Waals surface area contributed by atoms with E-state index >= 15 is 0 Å². The van der Waals surface area contributed by atoms with E-state index in [1.54, 1.807) is 11.0 Å². The van der Waals surface area contributed by atoms with Gasteiger partial charge in [0.2, 0.25) is 0 Å². The molecule has 1 fully saturated rings. The summed E-state index contributed by atoms with van der Waals surface area (Å²) in [4.78, 5) is 27.3. The van der Waals surface area contributed by atoms with Crippen LogP contribution in [0.1, 0.15) is 49.4 Å². The molecule has 0 spiro atoms. The topological polar surface area (TPSA) is 66.8 Å². The first kappa shape index (κ1) is 19.2. The van der Waals surface area contributed by atoms with Crippen molar-refractivity contribution in [3.8, 4) is 5.75 Å². The lowest BCUT2D eigenvalue weighted by atomic mass is 9.94. The summed E-state index contributed by atoms with van der Waals surface area (Å²) in [6.45, 7) is 4.52. The number of unbranched alkanes of at least 4 members (excludes halogenated alkanes) is 1. The zero-order chi connectivity index (χ0) is 20.5. The molecule has 1 amide bonds. The minimum atomic E-state index is -0.627. The van der Waals surface area contributed by atoms with E-state index in [2.05, 4.69) is 0 Å². The van der Waals surface area contributed by atoms with Gasteiger partial charge in [0.15, 0.2) is 0 Å². The molecule has 2 aromatic carbocycles. The molecular weight excluding hydrogens is 366 g/mol. The summed E-state index contributed by atoms with van der Waals surface area (Å²) < 4.78 is 5.73. The van der Waals surface area contributed by atoms with Crippen LogP contribution < -0.4 is 4.74 Å². The van der Waals surface area contributed by atoms with Gasteiger partial charge in [-0.1, -0.05) is 43.7 Å². The number of aliphatic hydroxyl groups is 1. The molecule has 0 aliphatic carbocycles. The van der Waals surface area contributed by atoms with Crippen molar-refractivity contribution in [2.75, 3.05) is 6.54 Å². The fourth-order valence-electron chi connectivity index (χ4n) is 4.15. The number of aliphatic hydroxyl groups excluding tert-OH is 1. The summed E-state index contributed by atoms with van der Waals surface area (Å²) in [7, 11) is 0. The smallest absolute Gasteiger partial charge is 0.295 e. The molecule has 29 heavy (non-hydrogen) atoms. The van der Waals surface area contributed by atoms with E-state index in [1.165, 1.54) is 0 Å². The van der Waals surface area contributed by atoms with E-state index in [0.717, 1.165) is 36.1 Å². The highest BCUT2D eigenvalue weighted by Gasteiger charge is 2.45. The average Bonchev–Trinajstić information content (AvgIpc) is 3.22. The van der Waals surface area contributed by atoms with Gasteiger partial charge < -0.3 is 14.7 Å². The van der Waals surface area contributed by atoms with Gasteiger partial charge in [0.05, 0.1) is 11.6 Å². The van der Waals surface area contributed by atoms with E-state index < -0.39 is 17.7 Å². The highest BCUT2D eigenvalue weighted by Crippen LogP contribution is 2.40. The monoisotopic (exact) mass is 391 g/mol. The maximum Gasteiger partial charge on any atom is 0.295 e. The predicted octanol–water partition coefficient (Wildman–Crippen LogP) is 4.23. The van der Waals surface area contributed by atoms with E-state index in [1.807, 2.05) is 56.3 Å². The van der Waals surface area contributed by atoms with Crippen LogP contribution in [0.25, 0.3) is 5.76 Å². The van der Waals surface area contributed by atoms with Crippen LogP contribution in [0.3, 0.4) is 0 Å². The Kier molecular flexibility index (Phi) is 5.14. The fourth-order valence-corrected chi connectivity index (χ4v) is 4.15. The van der Waals surface area contributed by atoms with E-state index in [9.17, 15) is 14.7 Å². The molecule has 2 atom stereocenters. The van der Waals surface area contributed by atoms with Crippen molar-refractivity contribution in [1.29, 1.82) is 0 Å². The van der Waals surface area contributed by atoms with Crippen LogP contribution in [0.5, 0.6) is 5.75 Å². The second-order valence-electron chi connectivity index (χ2n) is 7.71. The first-order valence-corrected chi connectivity index (χ1v) is 10.1. The Morgan fingerprint density at radius 3 is 2.66 bits per heavy atom. The number of carbonyl (C=O) groups excluding carboxylic acids is 2. The second-order valence-corrected chi connectivity index (χ2v) is 7.71. The molecule has 4 rings (SSSR count). The first-order chi connectivity index (χ1) is 14.0. The zero-order valence-electron chi connectivity index (χ0n) is 16.7. The number of hydrogen-bond acceptors (Lipinski definition) is 4. The second kappa shape index (κ2) is 7.74. The molecule has 1 saturated heterocycles. The van der Waals surface area contributed by atoms with Gasteiger partial charge in [-0.2, -0.15) is 0 Å². The van der Waals surface area contributed by atoms with Crippen molar-refractivity contribution in [1.82, 2.24) is 4.90 Å². The molecule has 150 valence electrons. The van der Waals surface area contributed by atoms with Gasteiger partial charge in [-0.05, 0) is 42.7 Å². The molecule has 0 aromatic heterocycles. The number of benzene rings is 2. The van der Waals surface area contributed by atoms with Crippen molar-refractivity contribution in [2.45, 2.75) is 45.3 Å². The number of rotatable bonds is 5. The van der Waals surface area contributed by atoms with Crippen molar-refractivity contribution < 1.29 is 19.4 Å². The highest BCUT2D eigenvalue weighted by atomic mass is 16.5. The van der Waals surface area contributed by atoms with Crippen LogP contribution in [0.2, 0.25) is 0 Å². The Balaban J connectivity index is 1.82. The number of amides is 1. The number of fused-ring (bicyclic) bond motifs is 1. The fraction of sp³-hybridized carbons (Fsp3) is 0.333. The minimum Gasteiger partial charge on any atom is -0.507 e. The number of likely N-dealkylation sites (tertiary alicyclic amines) is 1. The number of Topliss-reactive ketones (excluding diaryl/α,β-unsaturated/α-hetero) is 1. The Morgan fingerprint density at radius 2 is 1.93 bits per heavy atom. The number of ether oxygens (including phenoxy) is 1. The van der Waals surface area contributed by atoms with Crippen LogP contribution >= 0.6 is 0 Å². The number of carbonyl (C=O) groups is 2. The van der Waals surface area contributed by atoms with Crippen LogP contribution in [0.15, 0.2) is 54.1 Å².